The minimum Gasteiger partial charge on any atom is -0.466 e. The van der Waals surface area contributed by atoms with Gasteiger partial charge in [0.25, 0.3) is 11.4 Å². The van der Waals surface area contributed by atoms with Crippen LogP contribution in [-0.2, 0) is 9.53 Å². The lowest BCUT2D eigenvalue weighted by molar-refractivity contribution is -0.385. The van der Waals surface area contributed by atoms with Crippen LogP contribution in [0.5, 0.6) is 0 Å². The molecule has 0 aromatic heterocycles. The summed E-state index contributed by atoms with van der Waals surface area (Å²) in [5.41, 5.74) is 1.38. The second-order valence-corrected chi connectivity index (χ2v) is 5.11. The number of allylic oxidation sites excluding steroid dienone is 2. The van der Waals surface area contributed by atoms with Crippen LogP contribution in [0.25, 0.3) is 11.6 Å². The molecule has 0 N–H and O–H groups in total. The van der Waals surface area contributed by atoms with Crippen LogP contribution in [0.1, 0.15) is 11.1 Å². The van der Waals surface area contributed by atoms with Gasteiger partial charge in [0.2, 0.25) is 0 Å². The molecule has 0 bridgehead atoms. The Bertz CT molecular complexity index is 900. The zero-order valence-corrected chi connectivity index (χ0v) is 13.7. The van der Waals surface area contributed by atoms with Gasteiger partial charge in [-0.15, -0.1) is 0 Å². The van der Waals surface area contributed by atoms with Gasteiger partial charge in [-0.3, -0.25) is 20.2 Å². The largest absolute Gasteiger partial charge is 0.466 e. The number of esters is 1. The van der Waals surface area contributed by atoms with Crippen LogP contribution in [0, 0.1) is 20.2 Å². The second kappa shape index (κ2) is 8.34. The Morgan fingerprint density at radius 2 is 1.65 bits per heavy atom. The van der Waals surface area contributed by atoms with E-state index in [-0.39, 0.29) is 11.4 Å². The highest BCUT2D eigenvalue weighted by Gasteiger charge is 2.09. The molecule has 0 aliphatic heterocycles. The molecule has 132 valence electrons. The van der Waals surface area contributed by atoms with E-state index < -0.39 is 15.8 Å². The number of benzene rings is 2. The van der Waals surface area contributed by atoms with E-state index in [0.717, 1.165) is 0 Å². The smallest absolute Gasteiger partial charge is 0.331 e. The lowest BCUT2D eigenvalue weighted by Gasteiger charge is -2.03. The van der Waals surface area contributed by atoms with Crippen molar-refractivity contribution < 1.29 is 19.4 Å². The van der Waals surface area contributed by atoms with Crippen LogP contribution in [0.2, 0.25) is 0 Å². The number of carbonyl (C=O) groups is 1. The second-order valence-electron chi connectivity index (χ2n) is 5.11. The zero-order valence-electron chi connectivity index (χ0n) is 13.7. The van der Waals surface area contributed by atoms with Gasteiger partial charge in [-0.1, -0.05) is 24.3 Å². The first-order chi connectivity index (χ1) is 12.4. The number of hydrogen-bond donors (Lipinski definition) is 0. The normalized spacial score (nSPS) is 11.3. The van der Waals surface area contributed by atoms with Gasteiger partial charge in [0.05, 0.1) is 17.0 Å². The first-order valence-corrected chi connectivity index (χ1v) is 7.37. The average Bonchev–Trinajstić information content (AvgIpc) is 2.65. The quantitative estimate of drug-likeness (QED) is 0.256. The number of non-ortho nitro benzene ring substituents is 2. The van der Waals surface area contributed by atoms with Crippen molar-refractivity contribution in [2.24, 2.45) is 0 Å². The van der Waals surface area contributed by atoms with Crippen molar-refractivity contribution in [2.45, 2.75) is 0 Å². The van der Waals surface area contributed by atoms with Gasteiger partial charge in [-0.25, -0.2) is 4.79 Å². The van der Waals surface area contributed by atoms with Gasteiger partial charge in [0.15, 0.2) is 0 Å². The fraction of sp³-hybridized carbons (Fsp3) is 0.0556. The van der Waals surface area contributed by atoms with E-state index in [4.69, 9.17) is 0 Å². The molecule has 2 aromatic carbocycles. The standard InChI is InChI=1S/C18H14N2O6/c1-26-18(21)12-15(14-3-2-4-17(11-14)20(24)25)8-5-13-6-9-16(10-7-13)19(22)23/h2-12H,1H3/b8-5+,15-12-. The Kier molecular flexibility index (Phi) is 5.94. The molecular formula is C18H14N2O6. The van der Waals surface area contributed by atoms with E-state index >= 15 is 0 Å². The highest BCUT2D eigenvalue weighted by molar-refractivity contribution is 5.95. The first-order valence-electron chi connectivity index (χ1n) is 7.37. The fourth-order valence-electron chi connectivity index (χ4n) is 2.11. The highest BCUT2D eigenvalue weighted by atomic mass is 16.6. The minimum absolute atomic E-state index is 0.0360. The predicted molar refractivity (Wildman–Crippen MR) is 95.2 cm³/mol. The number of nitro benzene ring substituents is 2. The Labute approximate surface area is 148 Å². The molecule has 0 saturated heterocycles. The van der Waals surface area contributed by atoms with Crippen LogP contribution < -0.4 is 0 Å². The molecule has 8 heteroatoms. The van der Waals surface area contributed by atoms with Crippen molar-refractivity contribution in [2.75, 3.05) is 7.11 Å². The predicted octanol–water partition coefficient (Wildman–Crippen LogP) is 3.77. The molecule has 0 amide bonds. The summed E-state index contributed by atoms with van der Waals surface area (Å²) in [7, 11) is 1.23. The van der Waals surface area contributed by atoms with Gasteiger partial charge in [0.1, 0.15) is 0 Å². The first kappa shape index (κ1) is 18.5. The Balaban J connectivity index is 2.38. The van der Waals surface area contributed by atoms with E-state index in [2.05, 4.69) is 4.74 Å². The molecule has 0 fully saturated rings. The molecule has 0 radical (unpaired) electrons. The topological polar surface area (TPSA) is 113 Å². The maximum absolute atomic E-state index is 11.6. The molecule has 0 unspecified atom stereocenters. The number of methoxy groups -OCH3 is 1. The third-order valence-electron chi connectivity index (χ3n) is 3.42. The lowest BCUT2D eigenvalue weighted by atomic mass is 10.0. The monoisotopic (exact) mass is 354 g/mol. The van der Waals surface area contributed by atoms with E-state index in [1.54, 1.807) is 30.4 Å². The van der Waals surface area contributed by atoms with E-state index in [1.165, 1.54) is 43.5 Å². The summed E-state index contributed by atoms with van der Waals surface area (Å²) in [5, 5.41) is 21.6. The molecule has 0 saturated carbocycles. The summed E-state index contributed by atoms with van der Waals surface area (Å²) >= 11 is 0. The molecular weight excluding hydrogens is 340 g/mol. The molecule has 2 rings (SSSR count). The van der Waals surface area contributed by atoms with Crippen LogP contribution in [0.3, 0.4) is 0 Å². The van der Waals surface area contributed by atoms with E-state index in [1.807, 2.05) is 0 Å². The Morgan fingerprint density at radius 3 is 2.23 bits per heavy atom. The summed E-state index contributed by atoms with van der Waals surface area (Å²) in [4.78, 5) is 32.2. The number of ether oxygens (including phenoxy) is 1. The van der Waals surface area contributed by atoms with Crippen molar-refractivity contribution in [1.82, 2.24) is 0 Å². The molecule has 8 nitrogen and oxygen atoms in total. The maximum atomic E-state index is 11.6. The van der Waals surface area contributed by atoms with Crippen LogP contribution in [0.15, 0.2) is 60.7 Å². The third-order valence-corrected chi connectivity index (χ3v) is 3.42. The van der Waals surface area contributed by atoms with Gasteiger partial charge in [0, 0.05) is 30.3 Å². The van der Waals surface area contributed by atoms with Gasteiger partial charge in [-0.05, 0) is 28.8 Å². The van der Waals surface area contributed by atoms with Crippen molar-refractivity contribution in [3.8, 4) is 0 Å². The summed E-state index contributed by atoms with van der Waals surface area (Å²) in [6.45, 7) is 0. The molecule has 0 aliphatic rings. The number of carbonyl (C=O) groups excluding carboxylic acids is 1. The van der Waals surface area contributed by atoms with Gasteiger partial charge in [-0.2, -0.15) is 0 Å². The van der Waals surface area contributed by atoms with Crippen LogP contribution >= 0.6 is 0 Å². The van der Waals surface area contributed by atoms with Crippen molar-refractivity contribution in [3.63, 3.8) is 0 Å². The molecule has 2 aromatic rings. The number of rotatable bonds is 6. The lowest BCUT2D eigenvalue weighted by Crippen LogP contribution is -1.97. The van der Waals surface area contributed by atoms with Crippen LogP contribution in [-0.4, -0.2) is 22.9 Å². The van der Waals surface area contributed by atoms with Crippen molar-refractivity contribution in [1.29, 1.82) is 0 Å². The molecule has 26 heavy (non-hydrogen) atoms. The number of hydrogen-bond acceptors (Lipinski definition) is 6. The SMILES string of the molecule is COC(=O)/C=C(/C=C/c1ccc([N+](=O)[O-])cc1)c1cccc([N+](=O)[O-])c1. The summed E-state index contributed by atoms with van der Waals surface area (Å²) in [5.74, 6) is -0.611. The average molecular weight is 354 g/mol. The van der Waals surface area contributed by atoms with Crippen molar-refractivity contribution in [3.05, 3.63) is 92.0 Å². The summed E-state index contributed by atoms with van der Waals surface area (Å²) in [6, 6.07) is 11.7. The molecule has 0 atom stereocenters. The Hall–Kier alpha value is -3.81. The summed E-state index contributed by atoms with van der Waals surface area (Å²) < 4.78 is 4.62. The zero-order chi connectivity index (χ0) is 19.1. The summed E-state index contributed by atoms with van der Waals surface area (Å²) in [6.07, 6.45) is 4.43. The maximum Gasteiger partial charge on any atom is 0.331 e. The molecule has 0 spiro atoms. The van der Waals surface area contributed by atoms with Gasteiger partial charge < -0.3 is 4.74 Å². The number of nitro groups is 2. The van der Waals surface area contributed by atoms with Crippen molar-refractivity contribution >= 4 is 29.0 Å². The van der Waals surface area contributed by atoms with E-state index in [9.17, 15) is 25.0 Å². The molecule has 0 heterocycles. The third kappa shape index (κ3) is 4.84. The highest BCUT2D eigenvalue weighted by Crippen LogP contribution is 2.23. The fourth-order valence-corrected chi connectivity index (χ4v) is 2.11. The minimum atomic E-state index is -0.611. The van der Waals surface area contributed by atoms with Crippen LogP contribution in [0.4, 0.5) is 11.4 Å². The Morgan fingerprint density at radius 1 is 1.00 bits per heavy atom. The van der Waals surface area contributed by atoms with Gasteiger partial charge >= 0.3 is 5.97 Å². The number of nitrogens with zero attached hydrogens (tertiary/aromatic N) is 2. The molecule has 0 aliphatic carbocycles. The van der Waals surface area contributed by atoms with E-state index in [0.29, 0.717) is 16.7 Å².